The van der Waals surface area contributed by atoms with Crippen molar-refractivity contribution >= 4 is 23.4 Å². The van der Waals surface area contributed by atoms with Crippen LogP contribution >= 0.6 is 11.6 Å². The lowest BCUT2D eigenvalue weighted by molar-refractivity contribution is -0.140. The van der Waals surface area contributed by atoms with Gasteiger partial charge in [0.25, 0.3) is 5.91 Å². The molecule has 1 fully saturated rings. The summed E-state index contributed by atoms with van der Waals surface area (Å²) >= 11 is 5.90. The molecule has 1 aliphatic rings. The molecule has 1 saturated heterocycles. The van der Waals surface area contributed by atoms with Crippen molar-refractivity contribution in [2.45, 2.75) is 26.4 Å². The van der Waals surface area contributed by atoms with Crippen molar-refractivity contribution in [1.29, 1.82) is 0 Å². The Kier molecular flexibility index (Phi) is 5.07. The zero-order valence-electron chi connectivity index (χ0n) is 12.2. The van der Waals surface area contributed by atoms with E-state index in [2.05, 4.69) is 5.32 Å². The highest BCUT2D eigenvalue weighted by Gasteiger charge is 2.25. The molecule has 114 valence electrons. The van der Waals surface area contributed by atoms with E-state index in [1.54, 1.807) is 25.1 Å². The van der Waals surface area contributed by atoms with E-state index in [-0.39, 0.29) is 18.4 Å². The molecule has 0 radical (unpaired) electrons. The molecule has 0 aliphatic carbocycles. The van der Waals surface area contributed by atoms with Gasteiger partial charge in [-0.15, -0.1) is 0 Å². The summed E-state index contributed by atoms with van der Waals surface area (Å²) in [4.78, 5) is 25.4. The Morgan fingerprint density at radius 3 is 2.95 bits per heavy atom. The minimum absolute atomic E-state index is 0.0894. The number of rotatable bonds is 3. The van der Waals surface area contributed by atoms with Gasteiger partial charge in [0.1, 0.15) is 5.75 Å². The van der Waals surface area contributed by atoms with Crippen LogP contribution in [0.15, 0.2) is 18.2 Å². The molecule has 1 heterocycles. The maximum absolute atomic E-state index is 12.4. The first-order chi connectivity index (χ1) is 9.97. The molecule has 1 N–H and O–H groups in total. The van der Waals surface area contributed by atoms with Crippen LogP contribution in [0.2, 0.25) is 5.02 Å². The maximum Gasteiger partial charge on any atom is 0.263 e. The normalized spacial score (nSPS) is 16.9. The maximum atomic E-state index is 12.4. The summed E-state index contributed by atoms with van der Waals surface area (Å²) in [5.74, 6) is 0.316. The first-order valence-electron chi connectivity index (χ1n) is 6.95. The molecule has 0 aromatic heterocycles. The topological polar surface area (TPSA) is 58.6 Å². The van der Waals surface area contributed by atoms with E-state index in [1.165, 1.54) is 4.90 Å². The molecule has 1 unspecified atom stereocenters. The lowest BCUT2D eigenvalue weighted by atomic mass is 10.2. The van der Waals surface area contributed by atoms with Gasteiger partial charge in [-0.1, -0.05) is 11.6 Å². The first-order valence-corrected chi connectivity index (χ1v) is 7.33. The van der Waals surface area contributed by atoms with Gasteiger partial charge in [-0.3, -0.25) is 9.59 Å². The molecule has 0 bridgehead atoms. The highest BCUT2D eigenvalue weighted by atomic mass is 35.5. The van der Waals surface area contributed by atoms with E-state index in [0.29, 0.717) is 23.9 Å². The van der Waals surface area contributed by atoms with Crippen molar-refractivity contribution in [3.8, 4) is 5.75 Å². The fraction of sp³-hybridized carbons (Fsp3) is 0.467. The largest absolute Gasteiger partial charge is 0.481 e. The zero-order valence-corrected chi connectivity index (χ0v) is 12.9. The predicted octanol–water partition coefficient (Wildman–Crippen LogP) is 1.76. The Bertz CT molecular complexity index is 548. The summed E-state index contributed by atoms with van der Waals surface area (Å²) in [7, 11) is 0. The van der Waals surface area contributed by atoms with Crippen molar-refractivity contribution in [3.05, 3.63) is 28.8 Å². The fourth-order valence-corrected chi connectivity index (χ4v) is 2.46. The summed E-state index contributed by atoms with van der Waals surface area (Å²) in [6, 6.07) is 5.25. The molecule has 2 amide bonds. The standard InChI is InChI=1S/C15H19ClN2O3/c1-10-8-12(16)4-5-13(10)21-11(2)15(20)18-7-3-6-17-14(19)9-18/h4-5,8,11H,3,6-7,9H2,1-2H3,(H,17,19). The number of ether oxygens (including phenoxy) is 1. The molecule has 0 saturated carbocycles. The molecule has 6 heteroatoms. The third kappa shape index (κ3) is 4.11. The summed E-state index contributed by atoms with van der Waals surface area (Å²) in [6.45, 7) is 4.82. The molecule has 1 aromatic rings. The summed E-state index contributed by atoms with van der Waals surface area (Å²) < 4.78 is 5.71. The minimum atomic E-state index is -0.643. The van der Waals surface area contributed by atoms with Gasteiger partial charge in [0.2, 0.25) is 5.91 Å². The smallest absolute Gasteiger partial charge is 0.263 e. The lowest BCUT2D eigenvalue weighted by Gasteiger charge is -2.24. The number of hydrogen-bond acceptors (Lipinski definition) is 3. The predicted molar refractivity (Wildman–Crippen MR) is 80.5 cm³/mol. The Morgan fingerprint density at radius 2 is 2.24 bits per heavy atom. The van der Waals surface area contributed by atoms with Crippen molar-refractivity contribution in [1.82, 2.24) is 10.2 Å². The third-order valence-electron chi connectivity index (χ3n) is 3.36. The Balaban J connectivity index is 2.03. The monoisotopic (exact) mass is 310 g/mol. The quantitative estimate of drug-likeness (QED) is 0.925. The molecule has 1 aromatic carbocycles. The van der Waals surface area contributed by atoms with Crippen LogP contribution in [0.4, 0.5) is 0 Å². The molecule has 2 rings (SSSR count). The van der Waals surface area contributed by atoms with Gasteiger partial charge in [-0.05, 0) is 44.0 Å². The number of carbonyl (C=O) groups is 2. The fourth-order valence-electron chi connectivity index (χ4n) is 2.24. The van der Waals surface area contributed by atoms with Gasteiger partial charge < -0.3 is 15.0 Å². The molecular formula is C15H19ClN2O3. The number of hydrogen-bond donors (Lipinski definition) is 1. The van der Waals surface area contributed by atoms with Crippen molar-refractivity contribution < 1.29 is 14.3 Å². The summed E-state index contributed by atoms with van der Waals surface area (Å²) in [5, 5.41) is 3.37. The average Bonchev–Trinajstić information content (AvgIpc) is 2.65. The van der Waals surface area contributed by atoms with E-state index in [4.69, 9.17) is 16.3 Å². The van der Waals surface area contributed by atoms with E-state index < -0.39 is 6.10 Å². The van der Waals surface area contributed by atoms with Crippen LogP contribution in [0.25, 0.3) is 0 Å². The number of amides is 2. The average molecular weight is 311 g/mol. The Hall–Kier alpha value is -1.75. The molecular weight excluding hydrogens is 292 g/mol. The second-order valence-corrected chi connectivity index (χ2v) is 5.57. The zero-order chi connectivity index (χ0) is 15.4. The first kappa shape index (κ1) is 15.6. The number of halogens is 1. The van der Waals surface area contributed by atoms with Crippen LogP contribution in [0.3, 0.4) is 0 Å². The molecule has 5 nitrogen and oxygen atoms in total. The number of nitrogens with zero attached hydrogens (tertiary/aromatic N) is 1. The van der Waals surface area contributed by atoms with Gasteiger partial charge in [-0.25, -0.2) is 0 Å². The van der Waals surface area contributed by atoms with Crippen LogP contribution in [-0.4, -0.2) is 42.5 Å². The molecule has 0 spiro atoms. The van der Waals surface area contributed by atoms with Crippen molar-refractivity contribution in [2.75, 3.05) is 19.6 Å². The van der Waals surface area contributed by atoms with E-state index in [9.17, 15) is 9.59 Å². The van der Waals surface area contributed by atoms with Crippen molar-refractivity contribution in [2.24, 2.45) is 0 Å². The van der Waals surface area contributed by atoms with Gasteiger partial charge in [0.15, 0.2) is 6.10 Å². The molecule has 21 heavy (non-hydrogen) atoms. The highest BCUT2D eigenvalue weighted by molar-refractivity contribution is 6.30. The van der Waals surface area contributed by atoms with Gasteiger partial charge in [0.05, 0.1) is 6.54 Å². The van der Waals surface area contributed by atoms with Gasteiger partial charge in [0, 0.05) is 18.1 Å². The van der Waals surface area contributed by atoms with Crippen LogP contribution < -0.4 is 10.1 Å². The van der Waals surface area contributed by atoms with E-state index in [0.717, 1.165) is 12.0 Å². The van der Waals surface area contributed by atoms with Gasteiger partial charge >= 0.3 is 0 Å². The second-order valence-electron chi connectivity index (χ2n) is 5.13. The Morgan fingerprint density at radius 1 is 1.48 bits per heavy atom. The Labute approximate surface area is 129 Å². The van der Waals surface area contributed by atoms with Crippen LogP contribution in [0, 0.1) is 6.92 Å². The molecule has 1 aliphatic heterocycles. The van der Waals surface area contributed by atoms with Crippen molar-refractivity contribution in [3.63, 3.8) is 0 Å². The number of carbonyl (C=O) groups excluding carboxylic acids is 2. The third-order valence-corrected chi connectivity index (χ3v) is 3.60. The highest BCUT2D eigenvalue weighted by Crippen LogP contribution is 2.23. The minimum Gasteiger partial charge on any atom is -0.481 e. The second kappa shape index (κ2) is 6.80. The van der Waals surface area contributed by atoms with Crippen LogP contribution in [0.1, 0.15) is 18.9 Å². The summed E-state index contributed by atoms with van der Waals surface area (Å²) in [5.41, 5.74) is 0.871. The number of aryl methyl sites for hydroxylation is 1. The van der Waals surface area contributed by atoms with E-state index in [1.807, 2.05) is 6.92 Å². The van der Waals surface area contributed by atoms with Crippen LogP contribution in [0.5, 0.6) is 5.75 Å². The lowest BCUT2D eigenvalue weighted by Crippen LogP contribution is -2.43. The van der Waals surface area contributed by atoms with E-state index >= 15 is 0 Å². The molecule has 1 atom stereocenters. The number of nitrogens with one attached hydrogen (secondary N) is 1. The van der Waals surface area contributed by atoms with Crippen LogP contribution in [-0.2, 0) is 9.59 Å². The SMILES string of the molecule is Cc1cc(Cl)ccc1OC(C)C(=O)N1CCCNC(=O)C1. The number of benzene rings is 1. The van der Waals surface area contributed by atoms with Gasteiger partial charge in [-0.2, -0.15) is 0 Å². The summed E-state index contributed by atoms with van der Waals surface area (Å²) in [6.07, 6.45) is 0.111.